The highest BCUT2D eigenvalue weighted by molar-refractivity contribution is 6.10. The molecule has 1 spiro atoms. The van der Waals surface area contributed by atoms with Gasteiger partial charge < -0.3 is 9.47 Å². The number of aromatic nitrogens is 1. The van der Waals surface area contributed by atoms with Crippen molar-refractivity contribution in [2.45, 2.75) is 18.3 Å². The van der Waals surface area contributed by atoms with Gasteiger partial charge in [0.1, 0.15) is 0 Å². The van der Waals surface area contributed by atoms with Crippen LogP contribution in [0.2, 0.25) is 0 Å². The van der Waals surface area contributed by atoms with Crippen LogP contribution < -0.4 is 4.90 Å². The Labute approximate surface area is 344 Å². The van der Waals surface area contributed by atoms with Crippen LogP contribution in [0.25, 0.3) is 60.9 Å². The monoisotopic (exact) mass is 752 g/mol. The zero-order valence-corrected chi connectivity index (χ0v) is 32.6. The van der Waals surface area contributed by atoms with Gasteiger partial charge in [0.25, 0.3) is 0 Å². The van der Waals surface area contributed by atoms with Crippen molar-refractivity contribution in [1.82, 2.24) is 4.57 Å². The standard InChI is InChI=1S/C57H40N2/c1-3-15-39(16-4-1)40-19-13-23-46(33-40)58(48-30-32-52-51-26-10-12-28-55(51)59(56(52)36-48)45-21-5-2-6-22-45)47-24-14-20-41(34-47)42-29-31-50-49-25-9-11-27-53(49)57(54(50)35-42)37-43-17-7-8-18-44(43)38-57/h1-36H,37-38H2. The summed E-state index contributed by atoms with van der Waals surface area (Å²) in [7, 11) is 0. The van der Waals surface area contributed by atoms with Gasteiger partial charge in [-0.25, -0.2) is 0 Å². The highest BCUT2D eigenvalue weighted by Gasteiger charge is 2.47. The van der Waals surface area contributed by atoms with Crippen molar-refractivity contribution in [1.29, 1.82) is 0 Å². The largest absolute Gasteiger partial charge is 0.310 e. The Kier molecular flexibility index (Phi) is 7.61. The van der Waals surface area contributed by atoms with Crippen molar-refractivity contribution < 1.29 is 0 Å². The van der Waals surface area contributed by atoms with Gasteiger partial charge in [-0.05, 0) is 129 Å². The third-order valence-corrected chi connectivity index (χ3v) is 12.9. The van der Waals surface area contributed by atoms with Gasteiger partial charge in [-0.1, -0.05) is 158 Å². The van der Waals surface area contributed by atoms with E-state index < -0.39 is 0 Å². The molecule has 1 heterocycles. The molecule has 0 bridgehead atoms. The van der Waals surface area contributed by atoms with Crippen molar-refractivity contribution in [2.75, 3.05) is 4.90 Å². The van der Waals surface area contributed by atoms with Gasteiger partial charge in [-0.15, -0.1) is 0 Å². The molecule has 12 rings (SSSR count). The van der Waals surface area contributed by atoms with Crippen molar-refractivity contribution in [3.05, 3.63) is 241 Å². The van der Waals surface area contributed by atoms with Crippen molar-refractivity contribution in [3.8, 4) is 39.1 Å². The van der Waals surface area contributed by atoms with E-state index in [0.717, 1.165) is 35.6 Å². The van der Waals surface area contributed by atoms with E-state index in [2.05, 4.69) is 228 Å². The van der Waals surface area contributed by atoms with E-state index in [4.69, 9.17) is 0 Å². The third-order valence-electron chi connectivity index (χ3n) is 12.9. The van der Waals surface area contributed by atoms with Gasteiger partial charge in [0.2, 0.25) is 0 Å². The fourth-order valence-corrected chi connectivity index (χ4v) is 10.3. The summed E-state index contributed by atoms with van der Waals surface area (Å²) < 4.78 is 2.41. The van der Waals surface area contributed by atoms with Crippen LogP contribution >= 0.6 is 0 Å². The number of fused-ring (bicyclic) bond motifs is 9. The smallest absolute Gasteiger partial charge is 0.0561 e. The van der Waals surface area contributed by atoms with Gasteiger partial charge in [0.15, 0.2) is 0 Å². The van der Waals surface area contributed by atoms with Crippen LogP contribution in [0, 0.1) is 0 Å². The quantitative estimate of drug-likeness (QED) is 0.164. The first-order valence-corrected chi connectivity index (χ1v) is 20.7. The molecule has 10 aromatic rings. The molecule has 0 saturated carbocycles. The summed E-state index contributed by atoms with van der Waals surface area (Å²) in [4.78, 5) is 2.43. The minimum Gasteiger partial charge on any atom is -0.310 e. The molecule has 2 aliphatic rings. The van der Waals surface area contributed by atoms with Gasteiger partial charge in [-0.3, -0.25) is 0 Å². The summed E-state index contributed by atoms with van der Waals surface area (Å²) in [5, 5.41) is 2.49. The second-order valence-corrected chi connectivity index (χ2v) is 16.2. The van der Waals surface area contributed by atoms with E-state index in [1.54, 1.807) is 0 Å². The number of hydrogen-bond donors (Lipinski definition) is 0. The van der Waals surface area contributed by atoms with Crippen LogP contribution in [0.15, 0.2) is 218 Å². The Bertz CT molecular complexity index is 3200. The number of nitrogens with zero attached hydrogens (tertiary/aromatic N) is 2. The van der Waals surface area contributed by atoms with Gasteiger partial charge >= 0.3 is 0 Å². The first-order valence-electron chi connectivity index (χ1n) is 20.7. The number of anilines is 3. The van der Waals surface area contributed by atoms with E-state index in [1.165, 1.54) is 77.4 Å². The minimum absolute atomic E-state index is 0.0558. The third kappa shape index (κ3) is 5.34. The van der Waals surface area contributed by atoms with Crippen molar-refractivity contribution in [3.63, 3.8) is 0 Å². The van der Waals surface area contributed by atoms with E-state index in [9.17, 15) is 0 Å². The molecule has 0 unspecified atom stereocenters. The van der Waals surface area contributed by atoms with Crippen molar-refractivity contribution >= 4 is 38.9 Å². The molecule has 0 radical (unpaired) electrons. The molecule has 0 atom stereocenters. The summed E-state index contributed by atoms with van der Waals surface area (Å²) in [6, 6.07) is 80.6. The number of rotatable bonds is 6. The molecular weight excluding hydrogens is 713 g/mol. The average Bonchev–Trinajstić information content (AvgIpc) is 3.95. The molecule has 278 valence electrons. The van der Waals surface area contributed by atoms with Gasteiger partial charge in [-0.2, -0.15) is 0 Å². The summed E-state index contributed by atoms with van der Waals surface area (Å²) in [5.41, 5.74) is 20.2. The molecule has 1 aromatic heterocycles. The first kappa shape index (κ1) is 33.7. The molecule has 59 heavy (non-hydrogen) atoms. The average molecular weight is 753 g/mol. The number of hydrogen-bond acceptors (Lipinski definition) is 1. The lowest BCUT2D eigenvalue weighted by atomic mass is 9.75. The summed E-state index contributed by atoms with van der Waals surface area (Å²) in [5.74, 6) is 0. The second-order valence-electron chi connectivity index (χ2n) is 16.2. The van der Waals surface area contributed by atoms with Gasteiger partial charge in [0, 0.05) is 38.9 Å². The molecular formula is C57H40N2. The Morgan fingerprint density at radius 3 is 1.68 bits per heavy atom. The first-order chi connectivity index (χ1) is 29.2. The maximum absolute atomic E-state index is 2.51. The minimum atomic E-state index is -0.0558. The molecule has 2 heteroatoms. The van der Waals surface area contributed by atoms with Crippen LogP contribution in [0.4, 0.5) is 17.1 Å². The van der Waals surface area contributed by atoms with Gasteiger partial charge in [0.05, 0.1) is 11.0 Å². The molecule has 0 N–H and O–H groups in total. The van der Waals surface area contributed by atoms with E-state index >= 15 is 0 Å². The number of para-hydroxylation sites is 2. The predicted molar refractivity (Wildman–Crippen MR) is 246 cm³/mol. The highest BCUT2D eigenvalue weighted by Crippen LogP contribution is 2.56. The van der Waals surface area contributed by atoms with Crippen molar-refractivity contribution in [2.24, 2.45) is 0 Å². The number of benzene rings is 9. The summed E-state index contributed by atoms with van der Waals surface area (Å²) in [6.07, 6.45) is 2.06. The van der Waals surface area contributed by atoms with Crippen LogP contribution in [0.3, 0.4) is 0 Å². The zero-order valence-electron chi connectivity index (χ0n) is 32.6. The van der Waals surface area contributed by atoms with Crippen LogP contribution in [0.5, 0.6) is 0 Å². The van der Waals surface area contributed by atoms with Crippen LogP contribution in [-0.4, -0.2) is 4.57 Å². The molecule has 0 aliphatic heterocycles. The molecule has 0 saturated heterocycles. The Morgan fingerprint density at radius 1 is 0.356 bits per heavy atom. The maximum Gasteiger partial charge on any atom is 0.0561 e. The maximum atomic E-state index is 2.51. The van der Waals surface area contributed by atoms with Crippen LogP contribution in [-0.2, 0) is 18.3 Å². The van der Waals surface area contributed by atoms with E-state index in [0.29, 0.717) is 0 Å². The molecule has 0 fully saturated rings. The molecule has 2 aliphatic carbocycles. The molecule has 9 aromatic carbocycles. The Balaban J connectivity index is 1.03. The SMILES string of the molecule is c1ccc(-c2cccc(N(c3cccc(-c4ccc5c(c4)C4(Cc6ccccc6C4)c4ccccc4-5)c3)c3ccc4c5ccccc5n(-c5ccccc5)c4c3)c2)cc1. The summed E-state index contributed by atoms with van der Waals surface area (Å²) in [6.45, 7) is 0. The van der Waals surface area contributed by atoms with E-state index in [1.807, 2.05) is 0 Å². The fraction of sp³-hybridized carbons (Fsp3) is 0.0526. The fourth-order valence-electron chi connectivity index (χ4n) is 10.3. The van der Waals surface area contributed by atoms with Crippen LogP contribution in [0.1, 0.15) is 22.3 Å². The normalized spacial score (nSPS) is 13.4. The summed E-state index contributed by atoms with van der Waals surface area (Å²) >= 11 is 0. The topological polar surface area (TPSA) is 8.17 Å². The zero-order chi connectivity index (χ0) is 38.9. The molecule has 0 amide bonds. The Morgan fingerprint density at radius 2 is 0.915 bits per heavy atom. The Hall–Kier alpha value is -7.42. The lowest BCUT2D eigenvalue weighted by Gasteiger charge is -2.28. The predicted octanol–water partition coefficient (Wildman–Crippen LogP) is 14.7. The highest BCUT2D eigenvalue weighted by atomic mass is 15.1. The van der Waals surface area contributed by atoms with E-state index in [-0.39, 0.29) is 5.41 Å². The molecule has 2 nitrogen and oxygen atoms in total. The lowest BCUT2D eigenvalue weighted by Crippen LogP contribution is -2.25. The lowest BCUT2D eigenvalue weighted by molar-refractivity contribution is 0.564. The second kappa shape index (κ2) is 13.3.